The van der Waals surface area contributed by atoms with E-state index in [9.17, 15) is 29.1 Å². The fourth-order valence-corrected chi connectivity index (χ4v) is 2.98. The summed E-state index contributed by atoms with van der Waals surface area (Å²) < 4.78 is 0. The molecule has 190 valence electrons. The van der Waals surface area contributed by atoms with Crippen molar-refractivity contribution in [3.05, 3.63) is 18.2 Å². The van der Waals surface area contributed by atoms with Crippen LogP contribution >= 0.6 is 0 Å². The van der Waals surface area contributed by atoms with Gasteiger partial charge in [-0.2, -0.15) is 0 Å². The summed E-state index contributed by atoms with van der Waals surface area (Å²) in [5, 5.41) is 25.7. The number of aromatic nitrogens is 2. The van der Waals surface area contributed by atoms with Crippen LogP contribution in [0.1, 0.15) is 38.8 Å². The van der Waals surface area contributed by atoms with Crippen molar-refractivity contribution in [2.45, 2.75) is 63.7 Å². The Hall–Kier alpha value is -3.52. The van der Waals surface area contributed by atoms with Crippen molar-refractivity contribution < 1.29 is 34.2 Å². The molecule has 34 heavy (non-hydrogen) atoms. The van der Waals surface area contributed by atoms with E-state index in [1.54, 1.807) is 0 Å². The van der Waals surface area contributed by atoms with Crippen LogP contribution in [0.5, 0.6) is 0 Å². The molecular weight excluding hydrogens is 450 g/mol. The van der Waals surface area contributed by atoms with Crippen LogP contribution in [0, 0.1) is 5.92 Å². The molecule has 0 aromatic carbocycles. The number of aliphatic hydroxyl groups is 1. The topological polar surface area (TPSA) is 243 Å². The number of carboxylic acid groups (broad SMARTS) is 1. The van der Waals surface area contributed by atoms with Gasteiger partial charge in [-0.25, -0.2) is 9.78 Å². The predicted octanol–water partition coefficient (Wildman–Crippen LogP) is -2.88. The first-order chi connectivity index (χ1) is 15.9. The van der Waals surface area contributed by atoms with Gasteiger partial charge in [-0.15, -0.1) is 0 Å². The number of nitrogens with two attached hydrogens (primary N) is 2. The Balaban J connectivity index is 3.05. The Morgan fingerprint density at radius 3 is 2.12 bits per heavy atom. The second-order valence-corrected chi connectivity index (χ2v) is 8.23. The lowest BCUT2D eigenvalue weighted by molar-refractivity contribution is -0.142. The van der Waals surface area contributed by atoms with Gasteiger partial charge in [-0.3, -0.25) is 19.2 Å². The normalized spacial score (nSPS) is 14.5. The van der Waals surface area contributed by atoms with Crippen molar-refractivity contribution in [1.82, 2.24) is 25.9 Å². The molecule has 0 spiro atoms. The number of nitrogens with zero attached hydrogens (tertiary/aromatic N) is 1. The molecule has 10 N–H and O–H groups in total. The molecule has 0 saturated heterocycles. The second-order valence-electron chi connectivity index (χ2n) is 8.23. The molecule has 1 rings (SSSR count). The number of primary amides is 1. The van der Waals surface area contributed by atoms with Gasteiger partial charge in [0.2, 0.25) is 23.6 Å². The molecule has 1 aromatic rings. The van der Waals surface area contributed by atoms with E-state index in [0.717, 1.165) is 0 Å². The molecule has 14 nitrogen and oxygen atoms in total. The van der Waals surface area contributed by atoms with Gasteiger partial charge in [-0.1, -0.05) is 13.8 Å². The smallest absolute Gasteiger partial charge is 0.326 e. The number of nitrogens with one attached hydrogen (secondary N) is 4. The van der Waals surface area contributed by atoms with Crippen LogP contribution in [-0.2, 0) is 30.4 Å². The number of carbonyl (C=O) groups is 5. The lowest BCUT2D eigenvalue weighted by Crippen LogP contribution is -2.58. The number of hydrogen-bond acceptors (Lipinski definition) is 8. The van der Waals surface area contributed by atoms with E-state index < -0.39 is 60.4 Å². The minimum absolute atomic E-state index is 0.0218. The fraction of sp³-hybridized carbons (Fsp3) is 0.600. The maximum atomic E-state index is 13.0. The number of imidazole rings is 1. The highest BCUT2D eigenvalue weighted by atomic mass is 16.4. The molecule has 4 atom stereocenters. The quantitative estimate of drug-likeness (QED) is 0.127. The third kappa shape index (κ3) is 9.95. The van der Waals surface area contributed by atoms with E-state index in [4.69, 9.17) is 16.6 Å². The molecule has 4 amide bonds. The van der Waals surface area contributed by atoms with Crippen molar-refractivity contribution in [3.8, 4) is 0 Å². The van der Waals surface area contributed by atoms with Crippen molar-refractivity contribution >= 4 is 29.6 Å². The first-order valence-electron chi connectivity index (χ1n) is 10.7. The third-order valence-electron chi connectivity index (χ3n) is 4.78. The van der Waals surface area contributed by atoms with Gasteiger partial charge in [0.1, 0.15) is 24.2 Å². The Kier molecular flexibility index (Phi) is 11.7. The SMILES string of the molecule is CC(C)CC(NC(=O)C(N)CO)C(=O)NC(Cc1cnc[nH]1)C(=O)NC(CCC(N)=O)C(=O)O. The highest BCUT2D eigenvalue weighted by molar-refractivity contribution is 5.94. The average Bonchev–Trinajstić information content (AvgIpc) is 3.27. The van der Waals surface area contributed by atoms with E-state index in [1.807, 2.05) is 13.8 Å². The van der Waals surface area contributed by atoms with E-state index in [-0.39, 0.29) is 31.6 Å². The lowest BCUT2D eigenvalue weighted by atomic mass is 10.0. The number of aliphatic hydroxyl groups excluding tert-OH is 1. The summed E-state index contributed by atoms with van der Waals surface area (Å²) in [4.78, 5) is 67.2. The molecule has 0 aliphatic rings. The monoisotopic (exact) mass is 483 g/mol. The fourth-order valence-electron chi connectivity index (χ4n) is 2.98. The molecule has 1 heterocycles. The number of hydrogen-bond donors (Lipinski definition) is 8. The molecule has 1 aromatic heterocycles. The lowest BCUT2D eigenvalue weighted by Gasteiger charge is -2.25. The predicted molar refractivity (Wildman–Crippen MR) is 119 cm³/mol. The molecule has 4 unspecified atom stereocenters. The maximum absolute atomic E-state index is 13.0. The first-order valence-corrected chi connectivity index (χ1v) is 10.7. The summed E-state index contributed by atoms with van der Waals surface area (Å²) in [7, 11) is 0. The molecule has 0 aliphatic heterocycles. The van der Waals surface area contributed by atoms with Gasteiger partial charge in [0.15, 0.2) is 0 Å². The van der Waals surface area contributed by atoms with Gasteiger partial charge in [0, 0.05) is 24.7 Å². The Morgan fingerprint density at radius 2 is 1.62 bits per heavy atom. The van der Waals surface area contributed by atoms with Crippen molar-refractivity contribution in [2.75, 3.05) is 6.61 Å². The van der Waals surface area contributed by atoms with Gasteiger partial charge < -0.3 is 42.6 Å². The van der Waals surface area contributed by atoms with Crippen molar-refractivity contribution in [1.29, 1.82) is 0 Å². The summed E-state index contributed by atoms with van der Waals surface area (Å²) in [5.41, 5.74) is 11.1. The summed E-state index contributed by atoms with van der Waals surface area (Å²) in [6, 6.07) is -4.93. The summed E-state index contributed by atoms with van der Waals surface area (Å²) >= 11 is 0. The summed E-state index contributed by atoms with van der Waals surface area (Å²) in [6.45, 7) is 3.03. The molecule has 0 saturated carbocycles. The van der Waals surface area contributed by atoms with Crippen LogP contribution in [0.25, 0.3) is 0 Å². The van der Waals surface area contributed by atoms with Gasteiger partial charge in [-0.05, 0) is 18.8 Å². The minimum Gasteiger partial charge on any atom is -0.480 e. The molecule has 0 bridgehead atoms. The van der Waals surface area contributed by atoms with E-state index in [1.165, 1.54) is 12.5 Å². The molecule has 14 heteroatoms. The molecule has 0 aliphatic carbocycles. The average molecular weight is 484 g/mol. The number of aromatic amines is 1. The zero-order valence-electron chi connectivity index (χ0n) is 19.1. The Bertz CT molecular complexity index is 844. The second kappa shape index (κ2) is 13.9. The zero-order valence-corrected chi connectivity index (χ0v) is 19.1. The van der Waals surface area contributed by atoms with Crippen LogP contribution in [-0.4, -0.2) is 80.6 Å². The molecule has 0 radical (unpaired) electrons. The number of carbonyl (C=O) groups excluding carboxylic acids is 4. The molecule has 0 fully saturated rings. The number of rotatable bonds is 15. The first kappa shape index (κ1) is 28.5. The maximum Gasteiger partial charge on any atom is 0.326 e. The van der Waals surface area contributed by atoms with Crippen molar-refractivity contribution in [2.24, 2.45) is 17.4 Å². The Morgan fingerprint density at radius 1 is 1.03 bits per heavy atom. The van der Waals surface area contributed by atoms with Crippen LogP contribution < -0.4 is 27.4 Å². The number of aliphatic carboxylic acids is 1. The zero-order chi connectivity index (χ0) is 25.8. The number of H-pyrrole nitrogens is 1. The van der Waals surface area contributed by atoms with Crippen LogP contribution in [0.15, 0.2) is 12.5 Å². The highest BCUT2D eigenvalue weighted by Gasteiger charge is 2.31. The van der Waals surface area contributed by atoms with Crippen LogP contribution in [0.3, 0.4) is 0 Å². The standard InChI is InChI=1S/C20H33N7O7/c1-10(2)5-14(26-17(30)12(21)8-28)18(31)27-15(6-11-7-23-9-24-11)19(32)25-13(20(33)34)3-4-16(22)29/h7,9-10,12-15,28H,3-6,8,21H2,1-2H3,(H2,22,29)(H,23,24)(H,25,32)(H,26,30)(H,27,31)(H,33,34). The number of amides is 4. The van der Waals surface area contributed by atoms with Crippen LogP contribution in [0.2, 0.25) is 0 Å². The molecular formula is C20H33N7O7. The number of carboxylic acids is 1. The van der Waals surface area contributed by atoms with Crippen molar-refractivity contribution in [3.63, 3.8) is 0 Å². The summed E-state index contributed by atoms with van der Waals surface area (Å²) in [5.74, 6) is -4.38. The summed E-state index contributed by atoms with van der Waals surface area (Å²) in [6.07, 6.45) is 2.47. The highest BCUT2D eigenvalue weighted by Crippen LogP contribution is 2.08. The minimum atomic E-state index is -1.41. The van der Waals surface area contributed by atoms with Gasteiger partial charge in [0.25, 0.3) is 0 Å². The Labute approximate surface area is 196 Å². The third-order valence-corrected chi connectivity index (χ3v) is 4.78. The van der Waals surface area contributed by atoms with E-state index in [2.05, 4.69) is 25.9 Å². The van der Waals surface area contributed by atoms with E-state index >= 15 is 0 Å². The van der Waals surface area contributed by atoms with Gasteiger partial charge >= 0.3 is 5.97 Å². The largest absolute Gasteiger partial charge is 0.480 e. The van der Waals surface area contributed by atoms with Gasteiger partial charge in [0.05, 0.1) is 12.9 Å². The van der Waals surface area contributed by atoms with Crippen LogP contribution in [0.4, 0.5) is 0 Å². The van der Waals surface area contributed by atoms with E-state index in [0.29, 0.717) is 5.69 Å².